The molecule has 1 saturated heterocycles. The van der Waals surface area contributed by atoms with Crippen molar-refractivity contribution < 1.29 is 28.6 Å². The summed E-state index contributed by atoms with van der Waals surface area (Å²) in [5.41, 5.74) is 1.63. The summed E-state index contributed by atoms with van der Waals surface area (Å²) in [6.45, 7) is 1.83. The maximum Gasteiger partial charge on any atom is 0.300 e. The van der Waals surface area contributed by atoms with Gasteiger partial charge in [0.25, 0.3) is 11.7 Å². The van der Waals surface area contributed by atoms with Gasteiger partial charge in [0.15, 0.2) is 0 Å². The largest absolute Gasteiger partial charge is 0.507 e. The molecule has 2 heterocycles. The normalized spacial score (nSPS) is 17.8. The topological polar surface area (TPSA) is 89.2 Å². The molecule has 2 aromatic carbocycles. The fourth-order valence-corrected chi connectivity index (χ4v) is 3.74. The molecule has 4 rings (SSSR count). The van der Waals surface area contributed by atoms with Crippen molar-refractivity contribution in [2.75, 3.05) is 19.1 Å². The number of aliphatic hydroxyl groups is 1. The van der Waals surface area contributed by atoms with Crippen LogP contribution in [-0.2, 0) is 9.59 Å². The molecule has 1 aromatic heterocycles. The first-order chi connectivity index (χ1) is 15.0. The molecule has 1 N–H and O–H groups in total. The maximum absolute atomic E-state index is 13.0. The zero-order chi connectivity index (χ0) is 22.1. The number of carbonyl (C=O) groups is 2. The Bertz CT molecular complexity index is 1160. The summed E-state index contributed by atoms with van der Waals surface area (Å²) >= 11 is 0. The van der Waals surface area contributed by atoms with E-state index in [1.54, 1.807) is 68.8 Å². The van der Waals surface area contributed by atoms with Crippen molar-refractivity contribution in [3.8, 4) is 11.5 Å². The van der Waals surface area contributed by atoms with Crippen molar-refractivity contribution in [3.05, 3.63) is 83.3 Å². The predicted molar refractivity (Wildman–Crippen MR) is 114 cm³/mol. The smallest absolute Gasteiger partial charge is 0.300 e. The zero-order valence-electron chi connectivity index (χ0n) is 17.3. The van der Waals surface area contributed by atoms with Gasteiger partial charge in [-0.15, -0.1) is 0 Å². The Hall–Kier alpha value is -4.00. The molecule has 1 amide bonds. The van der Waals surface area contributed by atoms with Gasteiger partial charge in [-0.05, 0) is 67.1 Å². The second kappa shape index (κ2) is 8.02. The summed E-state index contributed by atoms with van der Waals surface area (Å²) in [5, 5.41) is 11.1. The van der Waals surface area contributed by atoms with E-state index in [-0.39, 0.29) is 11.3 Å². The highest BCUT2D eigenvalue weighted by atomic mass is 16.5. The predicted octanol–water partition coefficient (Wildman–Crippen LogP) is 4.23. The van der Waals surface area contributed by atoms with Crippen LogP contribution in [-0.4, -0.2) is 31.0 Å². The third kappa shape index (κ3) is 3.44. The summed E-state index contributed by atoms with van der Waals surface area (Å²) in [5.74, 6) is -0.189. The van der Waals surface area contributed by atoms with Crippen LogP contribution in [0.3, 0.4) is 0 Å². The third-order valence-electron chi connectivity index (χ3n) is 5.28. The van der Waals surface area contributed by atoms with Crippen molar-refractivity contribution in [3.63, 3.8) is 0 Å². The van der Waals surface area contributed by atoms with Gasteiger partial charge in [-0.3, -0.25) is 14.5 Å². The molecule has 0 saturated carbocycles. The molecule has 0 bridgehead atoms. The number of benzene rings is 2. The second-order valence-corrected chi connectivity index (χ2v) is 7.07. The number of anilines is 1. The van der Waals surface area contributed by atoms with Crippen molar-refractivity contribution in [1.82, 2.24) is 0 Å². The number of hydrogen-bond donors (Lipinski definition) is 1. The summed E-state index contributed by atoms with van der Waals surface area (Å²) in [4.78, 5) is 27.4. The van der Waals surface area contributed by atoms with Gasteiger partial charge < -0.3 is 19.0 Å². The fraction of sp³-hybridized carbons (Fsp3) is 0.167. The molecule has 31 heavy (non-hydrogen) atoms. The van der Waals surface area contributed by atoms with Crippen LogP contribution in [0, 0.1) is 6.92 Å². The Balaban J connectivity index is 1.88. The van der Waals surface area contributed by atoms with E-state index < -0.39 is 17.7 Å². The summed E-state index contributed by atoms with van der Waals surface area (Å²) in [6.07, 6.45) is 1.46. The highest BCUT2D eigenvalue weighted by molar-refractivity contribution is 6.51. The van der Waals surface area contributed by atoms with Crippen molar-refractivity contribution in [2.24, 2.45) is 0 Å². The molecule has 1 aliphatic heterocycles. The minimum Gasteiger partial charge on any atom is -0.507 e. The van der Waals surface area contributed by atoms with Crippen LogP contribution in [0.15, 0.2) is 70.9 Å². The summed E-state index contributed by atoms with van der Waals surface area (Å²) in [6, 6.07) is 14.2. The number of ketones is 1. The Morgan fingerprint density at radius 1 is 1.03 bits per heavy atom. The number of furan rings is 1. The number of ether oxygens (including phenoxy) is 2. The third-order valence-corrected chi connectivity index (χ3v) is 5.28. The Morgan fingerprint density at radius 2 is 1.77 bits per heavy atom. The van der Waals surface area contributed by atoms with Crippen LogP contribution >= 0.6 is 0 Å². The number of methoxy groups -OCH3 is 2. The number of Topliss-reactive ketones (excluding diaryl/α,β-unsaturated/α-hetero) is 1. The van der Waals surface area contributed by atoms with Crippen LogP contribution < -0.4 is 14.4 Å². The molecule has 1 fully saturated rings. The summed E-state index contributed by atoms with van der Waals surface area (Å²) in [7, 11) is 3.10. The van der Waals surface area contributed by atoms with E-state index in [9.17, 15) is 14.7 Å². The average molecular weight is 419 g/mol. The standard InChI is InChI=1S/C24H21NO6/c1-14-13-15(6-11-18(14)30-3)22(26)20-21(19-5-4-12-31-19)25(24(28)23(20)27)16-7-9-17(29-2)10-8-16/h4-13,21,26H,1-3H3/b22-20-. The number of hydrogen-bond acceptors (Lipinski definition) is 6. The fourth-order valence-electron chi connectivity index (χ4n) is 3.74. The van der Waals surface area contributed by atoms with Gasteiger partial charge >= 0.3 is 0 Å². The molecule has 1 atom stereocenters. The van der Waals surface area contributed by atoms with Crippen molar-refractivity contribution in [2.45, 2.75) is 13.0 Å². The molecule has 158 valence electrons. The van der Waals surface area contributed by atoms with E-state index in [1.807, 2.05) is 6.92 Å². The Morgan fingerprint density at radius 3 is 2.35 bits per heavy atom. The SMILES string of the molecule is COc1ccc(N2C(=O)C(=O)/C(=C(\O)c3ccc(OC)c(C)c3)C2c2ccco2)cc1. The lowest BCUT2D eigenvalue weighted by molar-refractivity contribution is -0.132. The van der Waals surface area contributed by atoms with Gasteiger partial charge in [-0.25, -0.2) is 0 Å². The van der Waals surface area contributed by atoms with Gasteiger partial charge in [-0.2, -0.15) is 0 Å². The van der Waals surface area contributed by atoms with Gasteiger partial charge in [0.05, 0.1) is 26.1 Å². The quantitative estimate of drug-likeness (QED) is 0.378. The number of carbonyl (C=O) groups excluding carboxylic acids is 2. The molecule has 1 aliphatic rings. The first kappa shape index (κ1) is 20.3. The molecule has 0 aliphatic carbocycles. The number of aryl methyl sites for hydroxylation is 1. The van der Waals surface area contributed by atoms with Gasteiger partial charge in [0.1, 0.15) is 29.1 Å². The number of amides is 1. The van der Waals surface area contributed by atoms with E-state index in [2.05, 4.69) is 0 Å². The van der Waals surface area contributed by atoms with Gasteiger partial charge in [0, 0.05) is 11.3 Å². The van der Waals surface area contributed by atoms with E-state index in [0.29, 0.717) is 28.5 Å². The zero-order valence-corrected chi connectivity index (χ0v) is 17.3. The van der Waals surface area contributed by atoms with Crippen LogP contribution in [0.4, 0.5) is 5.69 Å². The van der Waals surface area contributed by atoms with Crippen LogP contribution in [0.25, 0.3) is 5.76 Å². The highest BCUT2D eigenvalue weighted by Crippen LogP contribution is 2.42. The molecule has 0 radical (unpaired) electrons. The minimum absolute atomic E-state index is 0.0414. The monoisotopic (exact) mass is 419 g/mol. The van der Waals surface area contributed by atoms with Crippen LogP contribution in [0.1, 0.15) is 22.9 Å². The van der Waals surface area contributed by atoms with Crippen LogP contribution in [0.2, 0.25) is 0 Å². The lowest BCUT2D eigenvalue weighted by Gasteiger charge is -2.23. The lowest BCUT2D eigenvalue weighted by Crippen LogP contribution is -2.29. The molecular formula is C24H21NO6. The van der Waals surface area contributed by atoms with Gasteiger partial charge in [-0.1, -0.05) is 0 Å². The Kier molecular flexibility index (Phi) is 5.25. The number of aliphatic hydroxyl groups excluding tert-OH is 1. The molecular weight excluding hydrogens is 398 g/mol. The molecule has 1 unspecified atom stereocenters. The van der Waals surface area contributed by atoms with Gasteiger partial charge in [0.2, 0.25) is 0 Å². The van der Waals surface area contributed by atoms with E-state index in [1.165, 1.54) is 11.2 Å². The molecule has 7 nitrogen and oxygen atoms in total. The average Bonchev–Trinajstić information content (AvgIpc) is 3.40. The molecule has 3 aromatic rings. The van der Waals surface area contributed by atoms with E-state index in [0.717, 1.165) is 5.56 Å². The van der Waals surface area contributed by atoms with E-state index >= 15 is 0 Å². The molecule has 7 heteroatoms. The van der Waals surface area contributed by atoms with E-state index in [4.69, 9.17) is 13.9 Å². The Labute approximate surface area is 179 Å². The maximum atomic E-state index is 13.0. The number of nitrogens with zero attached hydrogens (tertiary/aromatic N) is 1. The number of rotatable bonds is 5. The first-order valence-corrected chi connectivity index (χ1v) is 9.59. The second-order valence-electron chi connectivity index (χ2n) is 7.07. The lowest BCUT2D eigenvalue weighted by atomic mass is 9.98. The molecule has 0 spiro atoms. The first-order valence-electron chi connectivity index (χ1n) is 9.59. The van der Waals surface area contributed by atoms with Crippen molar-refractivity contribution >= 4 is 23.1 Å². The summed E-state index contributed by atoms with van der Waals surface area (Å²) < 4.78 is 16.0. The highest BCUT2D eigenvalue weighted by Gasteiger charge is 2.48. The minimum atomic E-state index is -0.911. The van der Waals surface area contributed by atoms with Crippen LogP contribution in [0.5, 0.6) is 11.5 Å². The van der Waals surface area contributed by atoms with Crippen molar-refractivity contribution in [1.29, 1.82) is 0 Å².